The van der Waals surface area contributed by atoms with Crippen LogP contribution in [0.1, 0.15) is 57.9 Å². The van der Waals surface area contributed by atoms with E-state index in [0.29, 0.717) is 33.2 Å². The highest BCUT2D eigenvalue weighted by molar-refractivity contribution is 6.31. The van der Waals surface area contributed by atoms with Crippen LogP contribution in [0.15, 0.2) is 73.3 Å². The minimum absolute atomic E-state index is 0.0251. The highest BCUT2D eigenvalue weighted by atomic mass is 35.5. The maximum Gasteiger partial charge on any atom is 0.339 e. The Labute approximate surface area is 270 Å². The Morgan fingerprint density at radius 1 is 1.13 bits per heavy atom. The minimum atomic E-state index is -1.00. The van der Waals surface area contributed by atoms with E-state index in [1.807, 2.05) is 74.7 Å². The highest BCUT2D eigenvalue weighted by Crippen LogP contribution is 2.41. The first kappa shape index (κ1) is 32.3. The number of allylic oxidation sites excluding steroid dienone is 3. The van der Waals surface area contributed by atoms with Crippen molar-refractivity contribution in [1.82, 2.24) is 14.6 Å². The number of esters is 1. The monoisotopic (exact) mass is 628 g/mol. The van der Waals surface area contributed by atoms with Gasteiger partial charge in [0, 0.05) is 41.0 Å². The zero-order valence-electron chi connectivity index (χ0n) is 26.8. The molecular weight excluding hydrogens is 588 g/mol. The lowest BCUT2D eigenvalue weighted by Crippen LogP contribution is -2.40. The van der Waals surface area contributed by atoms with Gasteiger partial charge in [-0.3, -0.25) is 0 Å². The van der Waals surface area contributed by atoms with Gasteiger partial charge in [-0.05, 0) is 75.8 Å². The van der Waals surface area contributed by atoms with Crippen LogP contribution in [0.25, 0.3) is 28.0 Å². The summed E-state index contributed by atoms with van der Waals surface area (Å²) in [5.74, 6) is 0.415. The van der Waals surface area contributed by atoms with Crippen LogP contribution in [-0.4, -0.2) is 51.5 Å². The number of rotatable bonds is 8. The lowest BCUT2D eigenvalue weighted by Gasteiger charge is -2.40. The van der Waals surface area contributed by atoms with E-state index in [4.69, 9.17) is 31.2 Å². The molecule has 1 N–H and O–H groups in total. The number of fused-ring (bicyclic) bond motifs is 1. The van der Waals surface area contributed by atoms with Crippen molar-refractivity contribution in [3.63, 3.8) is 0 Å². The third kappa shape index (κ3) is 6.92. The topological polar surface area (TPSA) is 89.2 Å². The maximum atomic E-state index is 13.3. The molecule has 2 aromatic carbocycles. The van der Waals surface area contributed by atoms with Crippen molar-refractivity contribution in [3.05, 3.63) is 89.6 Å². The van der Waals surface area contributed by atoms with Crippen LogP contribution < -0.4 is 4.90 Å². The van der Waals surface area contributed by atoms with Crippen molar-refractivity contribution in [2.24, 2.45) is 5.41 Å². The van der Waals surface area contributed by atoms with Gasteiger partial charge in [0.25, 0.3) is 0 Å². The number of aryl methyl sites for hydroxylation is 1. The van der Waals surface area contributed by atoms with Crippen molar-refractivity contribution in [2.75, 3.05) is 25.1 Å². The Hall–Kier alpha value is -4.14. The second-order valence-corrected chi connectivity index (χ2v) is 13.3. The van der Waals surface area contributed by atoms with E-state index in [1.165, 1.54) is 7.11 Å². The van der Waals surface area contributed by atoms with Gasteiger partial charge >= 0.3 is 5.97 Å². The molecule has 1 unspecified atom stereocenters. The van der Waals surface area contributed by atoms with Crippen molar-refractivity contribution < 1.29 is 19.4 Å². The third-order valence-electron chi connectivity index (χ3n) is 8.22. The van der Waals surface area contributed by atoms with Gasteiger partial charge in [0.2, 0.25) is 0 Å². The summed E-state index contributed by atoms with van der Waals surface area (Å²) in [6, 6.07) is 14.7. The number of methoxy groups -OCH3 is 1. The fraction of sp³-hybridized carbons (Fsp3) is 0.361. The van der Waals surface area contributed by atoms with Crippen molar-refractivity contribution >= 4 is 29.0 Å². The summed E-state index contributed by atoms with van der Waals surface area (Å²) >= 11 is 6.25. The number of ether oxygens (including phenoxy) is 2. The summed E-state index contributed by atoms with van der Waals surface area (Å²) in [4.78, 5) is 20.5. The van der Waals surface area contributed by atoms with Gasteiger partial charge in [-0.1, -0.05) is 61.5 Å². The summed E-state index contributed by atoms with van der Waals surface area (Å²) in [5, 5.41) is 16.1. The summed E-state index contributed by atoms with van der Waals surface area (Å²) in [5.41, 5.74) is 4.34. The molecule has 4 aromatic rings. The van der Waals surface area contributed by atoms with Crippen molar-refractivity contribution in [2.45, 2.75) is 59.2 Å². The van der Waals surface area contributed by atoms with E-state index < -0.39 is 17.7 Å². The van der Waals surface area contributed by atoms with E-state index in [-0.39, 0.29) is 11.2 Å². The van der Waals surface area contributed by atoms with E-state index in [0.717, 1.165) is 42.9 Å². The van der Waals surface area contributed by atoms with Crippen LogP contribution in [0.4, 0.5) is 5.82 Å². The number of anilines is 1. The van der Waals surface area contributed by atoms with Crippen LogP contribution >= 0.6 is 11.6 Å². The number of carbonyl (C=O) groups excluding carboxylic acids is 1. The molecule has 1 aliphatic heterocycles. The number of phenolic OH excluding ortho intramolecular Hbond substituents is 1. The van der Waals surface area contributed by atoms with Crippen molar-refractivity contribution in [1.29, 1.82) is 0 Å². The molecule has 0 bridgehead atoms. The average molecular weight is 629 g/mol. The number of benzene rings is 2. The number of hydrogen-bond donors (Lipinski definition) is 1. The molecule has 3 heterocycles. The summed E-state index contributed by atoms with van der Waals surface area (Å²) < 4.78 is 13.5. The quantitative estimate of drug-likeness (QED) is 0.156. The van der Waals surface area contributed by atoms with Gasteiger partial charge in [-0.15, -0.1) is 0 Å². The van der Waals surface area contributed by atoms with E-state index in [1.54, 1.807) is 18.2 Å². The van der Waals surface area contributed by atoms with E-state index >= 15 is 0 Å². The molecule has 9 heteroatoms. The molecule has 1 aliphatic rings. The van der Waals surface area contributed by atoms with Gasteiger partial charge in [-0.2, -0.15) is 9.61 Å². The Bertz CT molecular complexity index is 1760. The van der Waals surface area contributed by atoms with Crippen LogP contribution in [-0.2, 0) is 14.3 Å². The minimum Gasteiger partial charge on any atom is -0.507 e. The fourth-order valence-electron chi connectivity index (χ4n) is 5.83. The van der Waals surface area contributed by atoms with Gasteiger partial charge in [-0.25, -0.2) is 9.78 Å². The fourth-order valence-corrected chi connectivity index (χ4v) is 6.01. The predicted octanol–water partition coefficient (Wildman–Crippen LogP) is 8.11. The molecule has 0 saturated carbocycles. The molecule has 0 radical (unpaired) electrons. The lowest BCUT2D eigenvalue weighted by atomic mass is 9.80. The molecule has 5 rings (SSSR count). The average Bonchev–Trinajstić information content (AvgIpc) is 3.43. The maximum absolute atomic E-state index is 13.3. The van der Waals surface area contributed by atoms with Crippen LogP contribution in [0.5, 0.6) is 5.75 Å². The molecule has 45 heavy (non-hydrogen) atoms. The number of carbonyl (C=O) groups is 1. The summed E-state index contributed by atoms with van der Waals surface area (Å²) in [6.07, 6.45) is 6.85. The van der Waals surface area contributed by atoms with Crippen LogP contribution in [0.2, 0.25) is 5.02 Å². The molecule has 236 valence electrons. The van der Waals surface area contributed by atoms with E-state index in [9.17, 15) is 9.90 Å². The zero-order valence-corrected chi connectivity index (χ0v) is 27.6. The number of halogens is 1. The number of nitrogens with zero attached hydrogens (tertiary/aromatic N) is 4. The first-order valence-electron chi connectivity index (χ1n) is 15.1. The predicted molar refractivity (Wildman–Crippen MR) is 180 cm³/mol. The molecular formula is C36H41ClN4O4. The Morgan fingerprint density at radius 2 is 1.84 bits per heavy atom. The number of hydrogen-bond acceptors (Lipinski definition) is 7. The number of piperidine rings is 1. The molecule has 1 fully saturated rings. The number of aromatic hydroxyl groups is 1. The second kappa shape index (κ2) is 12.7. The zero-order chi connectivity index (χ0) is 32.5. The molecule has 8 nitrogen and oxygen atoms in total. The Kier molecular flexibility index (Phi) is 9.10. The summed E-state index contributed by atoms with van der Waals surface area (Å²) in [6.45, 7) is 15.2. The first-order chi connectivity index (χ1) is 21.3. The van der Waals surface area contributed by atoms with Gasteiger partial charge in [0.1, 0.15) is 11.6 Å². The molecule has 2 aromatic heterocycles. The second-order valence-electron chi connectivity index (χ2n) is 12.8. The van der Waals surface area contributed by atoms with Gasteiger partial charge < -0.3 is 19.5 Å². The molecule has 0 spiro atoms. The number of aromatic nitrogens is 3. The van der Waals surface area contributed by atoms with Crippen LogP contribution in [0, 0.1) is 12.3 Å². The summed E-state index contributed by atoms with van der Waals surface area (Å²) in [7, 11) is 1.37. The molecule has 0 amide bonds. The standard InChI is InChI=1S/C36H41ClN4O4/c1-8-9-15-36(6)16-18-40(19-17-36)33-31(32(34(43)44-7)45-35(3,4)5)23(2)38-30-22-28(39-41(30)33)25-12-10-11-24(20-25)27-21-26(37)13-14-29(27)42/h8-15,20-22,32,42H,1,16-19H2,2-7H3. The van der Waals surface area contributed by atoms with Gasteiger partial charge in [0.05, 0.1) is 24.0 Å². The lowest BCUT2D eigenvalue weighted by molar-refractivity contribution is -0.164. The normalized spacial score (nSPS) is 15.8. The SMILES string of the molecule is C=CC=CC1(C)CCN(c2c(C(OC(C)(C)C)C(=O)OC)c(C)nc3cc(-c4cccc(-c5cc(Cl)ccc5O)c4)nn23)CC1. The highest BCUT2D eigenvalue weighted by Gasteiger charge is 2.37. The smallest absolute Gasteiger partial charge is 0.339 e. The molecule has 1 saturated heterocycles. The molecule has 1 atom stereocenters. The van der Waals surface area contributed by atoms with Gasteiger partial charge in [0.15, 0.2) is 11.8 Å². The van der Waals surface area contributed by atoms with Crippen molar-refractivity contribution in [3.8, 4) is 28.1 Å². The van der Waals surface area contributed by atoms with E-state index in [2.05, 4.69) is 24.5 Å². The van der Waals surface area contributed by atoms with Crippen LogP contribution in [0.3, 0.4) is 0 Å². The largest absolute Gasteiger partial charge is 0.507 e. The first-order valence-corrected chi connectivity index (χ1v) is 15.5. The Balaban J connectivity index is 1.68. The third-order valence-corrected chi connectivity index (χ3v) is 8.46. The Morgan fingerprint density at radius 3 is 2.51 bits per heavy atom. The molecule has 0 aliphatic carbocycles. The number of phenols is 1.